The molecule has 3 heterocycles. The van der Waals surface area contributed by atoms with E-state index in [-0.39, 0.29) is 12.0 Å². The van der Waals surface area contributed by atoms with Gasteiger partial charge in [0.05, 0.1) is 13.2 Å². The minimum atomic E-state index is 0.0742. The molecule has 3 aliphatic rings. The van der Waals surface area contributed by atoms with E-state index < -0.39 is 0 Å². The first kappa shape index (κ1) is 17.8. The van der Waals surface area contributed by atoms with Crippen LogP contribution in [0.2, 0.25) is 0 Å². The molecule has 2 fully saturated rings. The Bertz CT molecular complexity index is 629. The van der Waals surface area contributed by atoms with Gasteiger partial charge in [-0.1, -0.05) is 18.2 Å². The van der Waals surface area contributed by atoms with Crippen molar-refractivity contribution >= 4 is 5.91 Å². The third-order valence-corrected chi connectivity index (χ3v) is 6.07. The molecular formula is C21H30N2O3. The van der Waals surface area contributed by atoms with E-state index in [4.69, 9.17) is 9.47 Å². The number of para-hydroxylation sites is 1. The first-order valence-corrected chi connectivity index (χ1v) is 9.99. The number of benzene rings is 1. The third-order valence-electron chi connectivity index (χ3n) is 6.07. The predicted molar refractivity (Wildman–Crippen MR) is 100 cm³/mol. The Balaban J connectivity index is 1.47. The zero-order chi connectivity index (χ0) is 17.9. The van der Waals surface area contributed by atoms with Crippen LogP contribution in [0.4, 0.5) is 0 Å². The van der Waals surface area contributed by atoms with E-state index in [0.717, 1.165) is 37.6 Å². The van der Waals surface area contributed by atoms with Gasteiger partial charge in [-0.25, -0.2) is 0 Å². The maximum absolute atomic E-state index is 12.1. The topological polar surface area (TPSA) is 42.0 Å². The van der Waals surface area contributed by atoms with Gasteiger partial charge >= 0.3 is 0 Å². The lowest BCUT2D eigenvalue weighted by Gasteiger charge is -2.38. The van der Waals surface area contributed by atoms with Gasteiger partial charge in [-0.2, -0.15) is 0 Å². The number of nitrogens with zero attached hydrogens (tertiary/aromatic N) is 2. The third kappa shape index (κ3) is 4.04. The van der Waals surface area contributed by atoms with E-state index in [9.17, 15) is 4.79 Å². The van der Waals surface area contributed by atoms with Gasteiger partial charge in [0.25, 0.3) is 0 Å². The van der Waals surface area contributed by atoms with Gasteiger partial charge in [0.2, 0.25) is 5.91 Å². The van der Waals surface area contributed by atoms with Gasteiger partial charge in [0.1, 0.15) is 11.9 Å². The van der Waals surface area contributed by atoms with E-state index >= 15 is 0 Å². The zero-order valence-electron chi connectivity index (χ0n) is 15.7. The van der Waals surface area contributed by atoms with Crippen molar-refractivity contribution in [1.29, 1.82) is 0 Å². The van der Waals surface area contributed by atoms with E-state index in [1.165, 1.54) is 25.8 Å². The first-order valence-electron chi connectivity index (χ1n) is 9.99. The first-order chi connectivity index (χ1) is 12.7. The van der Waals surface area contributed by atoms with Gasteiger partial charge in [0.15, 0.2) is 0 Å². The molecule has 3 atom stereocenters. The molecule has 4 rings (SSSR count). The maximum atomic E-state index is 12.1. The smallest absolute Gasteiger partial charge is 0.219 e. The van der Waals surface area contributed by atoms with Crippen LogP contribution in [0.3, 0.4) is 0 Å². The van der Waals surface area contributed by atoms with E-state index in [1.54, 1.807) is 6.92 Å². The van der Waals surface area contributed by atoms with Crippen LogP contribution in [0.25, 0.3) is 0 Å². The number of piperidine rings is 1. The second-order valence-electron chi connectivity index (χ2n) is 8.06. The highest BCUT2D eigenvalue weighted by Gasteiger charge is 2.34. The lowest BCUT2D eigenvalue weighted by Crippen LogP contribution is -2.47. The molecule has 5 nitrogen and oxygen atoms in total. The van der Waals surface area contributed by atoms with Crippen LogP contribution in [0.1, 0.15) is 31.7 Å². The molecule has 0 N–H and O–H groups in total. The molecule has 3 aliphatic heterocycles. The van der Waals surface area contributed by atoms with Crippen LogP contribution in [-0.2, 0) is 16.1 Å². The Hall–Kier alpha value is -1.59. The molecule has 1 aromatic rings. The van der Waals surface area contributed by atoms with Crippen molar-refractivity contribution in [2.24, 2.45) is 11.8 Å². The summed E-state index contributed by atoms with van der Waals surface area (Å²) in [6, 6.07) is 8.16. The van der Waals surface area contributed by atoms with E-state index in [0.29, 0.717) is 24.9 Å². The molecule has 1 aromatic carbocycles. The van der Waals surface area contributed by atoms with Crippen molar-refractivity contribution < 1.29 is 14.3 Å². The molecule has 0 aliphatic carbocycles. The molecule has 0 saturated carbocycles. The fraction of sp³-hybridized carbons (Fsp3) is 0.667. The Morgan fingerprint density at radius 1 is 1.23 bits per heavy atom. The minimum Gasteiger partial charge on any atom is -0.488 e. The number of rotatable bonds is 3. The molecule has 2 saturated heterocycles. The second kappa shape index (κ2) is 7.97. The van der Waals surface area contributed by atoms with Crippen molar-refractivity contribution in [2.45, 2.75) is 38.8 Å². The fourth-order valence-electron chi connectivity index (χ4n) is 4.58. The molecule has 26 heavy (non-hydrogen) atoms. The van der Waals surface area contributed by atoms with Crippen LogP contribution >= 0.6 is 0 Å². The number of carbonyl (C=O) groups excluding carboxylic acids is 1. The van der Waals surface area contributed by atoms with E-state index in [1.807, 2.05) is 23.1 Å². The van der Waals surface area contributed by atoms with Crippen molar-refractivity contribution in [3.8, 4) is 5.75 Å². The number of carbonyl (C=O) groups is 1. The number of amides is 1. The highest BCUT2D eigenvalue weighted by Crippen LogP contribution is 2.31. The fourth-order valence-corrected chi connectivity index (χ4v) is 4.58. The summed E-state index contributed by atoms with van der Waals surface area (Å²) in [5.41, 5.74) is 1.11. The van der Waals surface area contributed by atoms with Crippen molar-refractivity contribution in [3.63, 3.8) is 0 Å². The van der Waals surface area contributed by atoms with Gasteiger partial charge in [0, 0.05) is 44.6 Å². The summed E-state index contributed by atoms with van der Waals surface area (Å²) in [7, 11) is 0. The van der Waals surface area contributed by atoms with Gasteiger partial charge in [-0.3, -0.25) is 4.79 Å². The highest BCUT2D eigenvalue weighted by atomic mass is 16.5. The molecule has 142 valence electrons. The molecule has 1 amide bonds. The predicted octanol–water partition coefficient (Wildman–Crippen LogP) is 2.54. The van der Waals surface area contributed by atoms with Gasteiger partial charge < -0.3 is 19.3 Å². The summed E-state index contributed by atoms with van der Waals surface area (Å²) in [5, 5.41) is 0. The molecule has 0 aromatic heterocycles. The minimum absolute atomic E-state index is 0.0742. The molecule has 0 spiro atoms. The number of likely N-dealkylation sites (tertiary alicyclic amines) is 1. The summed E-state index contributed by atoms with van der Waals surface area (Å²) < 4.78 is 12.0. The Kier molecular flexibility index (Phi) is 5.46. The summed E-state index contributed by atoms with van der Waals surface area (Å²) in [4.78, 5) is 16.7. The zero-order valence-corrected chi connectivity index (χ0v) is 15.7. The highest BCUT2D eigenvalue weighted by molar-refractivity contribution is 5.73. The quantitative estimate of drug-likeness (QED) is 0.833. The number of ether oxygens (including phenoxy) is 2. The Morgan fingerprint density at radius 3 is 2.92 bits per heavy atom. The second-order valence-corrected chi connectivity index (χ2v) is 8.06. The lowest BCUT2D eigenvalue weighted by molar-refractivity contribution is -0.130. The molecule has 0 unspecified atom stereocenters. The largest absolute Gasteiger partial charge is 0.488 e. The monoisotopic (exact) mass is 358 g/mol. The summed E-state index contributed by atoms with van der Waals surface area (Å²) in [6.07, 6.45) is 3.65. The molecule has 0 radical (unpaired) electrons. The normalized spacial score (nSPS) is 29.7. The van der Waals surface area contributed by atoms with Crippen LogP contribution in [0.15, 0.2) is 24.3 Å². The average Bonchev–Trinajstić information content (AvgIpc) is 3.06. The average molecular weight is 358 g/mol. The molecule has 5 heteroatoms. The van der Waals surface area contributed by atoms with Crippen molar-refractivity contribution in [3.05, 3.63) is 29.8 Å². The van der Waals surface area contributed by atoms with Gasteiger partial charge in [-0.05, 0) is 37.8 Å². The summed E-state index contributed by atoms with van der Waals surface area (Å²) in [5.74, 6) is 2.23. The van der Waals surface area contributed by atoms with Crippen LogP contribution < -0.4 is 4.74 Å². The Labute approximate surface area is 156 Å². The standard InChI is InChI=1S/C21H30N2O3/c1-16(24)23-13-19-5-2-3-7-20(19)26-21(14-23)18-6-4-9-22(12-18)11-17-8-10-25-15-17/h2-3,5,7,17-18,21H,4,6,8-15H2,1H3/t17-,18-,21+/m1/s1. The molecule has 0 bridgehead atoms. The van der Waals surface area contributed by atoms with Crippen LogP contribution in [0, 0.1) is 11.8 Å². The van der Waals surface area contributed by atoms with E-state index in [2.05, 4.69) is 11.0 Å². The maximum Gasteiger partial charge on any atom is 0.219 e. The number of hydrogen-bond acceptors (Lipinski definition) is 4. The lowest BCUT2D eigenvalue weighted by atomic mass is 9.91. The Morgan fingerprint density at radius 2 is 2.12 bits per heavy atom. The van der Waals surface area contributed by atoms with Crippen LogP contribution in [0.5, 0.6) is 5.75 Å². The number of fused-ring (bicyclic) bond motifs is 1. The van der Waals surface area contributed by atoms with Crippen LogP contribution in [-0.4, -0.2) is 61.2 Å². The molecular weight excluding hydrogens is 328 g/mol. The van der Waals surface area contributed by atoms with Crippen molar-refractivity contribution in [2.75, 3.05) is 39.4 Å². The number of hydrogen-bond donors (Lipinski definition) is 0. The SMILES string of the molecule is CC(=O)N1Cc2ccccc2O[C@H]([C@@H]2CCCN(C[C@H]3CCOC3)C2)C1. The van der Waals surface area contributed by atoms with Gasteiger partial charge in [-0.15, -0.1) is 0 Å². The summed E-state index contributed by atoms with van der Waals surface area (Å²) in [6.45, 7) is 8.20. The van der Waals surface area contributed by atoms with Crippen molar-refractivity contribution in [1.82, 2.24) is 9.80 Å². The summed E-state index contributed by atoms with van der Waals surface area (Å²) >= 11 is 0.